The summed E-state index contributed by atoms with van der Waals surface area (Å²) in [5, 5.41) is 2.04. The van der Waals surface area contributed by atoms with Crippen molar-refractivity contribution < 1.29 is 0 Å². The molecule has 0 saturated carbocycles. The highest BCUT2D eigenvalue weighted by molar-refractivity contribution is 9.10. The van der Waals surface area contributed by atoms with Crippen LogP contribution in [0.1, 0.15) is 17.4 Å². The van der Waals surface area contributed by atoms with Crippen LogP contribution in [-0.4, -0.2) is 9.55 Å². The number of nitrogens with one attached hydrogen (secondary N) is 1. The van der Waals surface area contributed by atoms with Crippen LogP contribution in [0.25, 0.3) is 0 Å². The molecule has 96 valence electrons. The van der Waals surface area contributed by atoms with Crippen LogP contribution in [0, 0.1) is 0 Å². The summed E-state index contributed by atoms with van der Waals surface area (Å²) in [6.07, 6.45) is 0.489. The van der Waals surface area contributed by atoms with Gasteiger partial charge in [0.15, 0.2) is 0 Å². The van der Waals surface area contributed by atoms with E-state index in [1.165, 1.54) is 15.9 Å². The Labute approximate surface area is 120 Å². The Morgan fingerprint density at radius 2 is 2.22 bits per heavy atom. The molecule has 2 rings (SSSR count). The summed E-state index contributed by atoms with van der Waals surface area (Å²) in [6, 6.07) is 1.89. The van der Waals surface area contributed by atoms with Crippen molar-refractivity contribution in [1.82, 2.24) is 9.55 Å². The second-order valence-corrected chi connectivity index (χ2v) is 5.99. The van der Waals surface area contributed by atoms with E-state index in [1.54, 1.807) is 0 Å². The van der Waals surface area contributed by atoms with Crippen molar-refractivity contribution >= 4 is 38.9 Å². The van der Waals surface area contributed by atoms with Gasteiger partial charge in [0.1, 0.15) is 5.15 Å². The maximum Gasteiger partial charge on any atom is 0.329 e. The lowest BCUT2D eigenvalue weighted by atomic mass is 10.2. The van der Waals surface area contributed by atoms with Crippen LogP contribution in [0.15, 0.2) is 25.5 Å². The average Bonchev–Trinajstić information content (AvgIpc) is 2.70. The van der Waals surface area contributed by atoms with Crippen LogP contribution in [0.4, 0.5) is 0 Å². The summed E-state index contributed by atoms with van der Waals surface area (Å²) in [4.78, 5) is 27.3. The van der Waals surface area contributed by atoms with Crippen molar-refractivity contribution in [2.45, 2.75) is 19.9 Å². The minimum absolute atomic E-state index is 0.135. The number of aromatic nitrogens is 2. The van der Waals surface area contributed by atoms with E-state index in [-0.39, 0.29) is 17.3 Å². The van der Waals surface area contributed by atoms with Crippen LogP contribution in [0.5, 0.6) is 0 Å². The van der Waals surface area contributed by atoms with E-state index in [0.717, 1.165) is 9.35 Å². The number of rotatable bonds is 3. The van der Waals surface area contributed by atoms with Gasteiger partial charge < -0.3 is 0 Å². The third-order valence-corrected chi connectivity index (χ3v) is 4.52. The third kappa shape index (κ3) is 2.60. The maximum atomic E-state index is 12.1. The van der Waals surface area contributed by atoms with Gasteiger partial charge in [-0.2, -0.15) is 0 Å². The van der Waals surface area contributed by atoms with E-state index in [9.17, 15) is 9.59 Å². The normalized spacial score (nSPS) is 10.8. The lowest BCUT2D eigenvalue weighted by molar-refractivity contribution is 0.693. The molecule has 0 radical (unpaired) electrons. The first-order chi connectivity index (χ1) is 8.52. The molecular formula is C11H10BrClN2O2S. The Morgan fingerprint density at radius 3 is 2.78 bits per heavy atom. The second-order valence-electron chi connectivity index (χ2n) is 3.70. The van der Waals surface area contributed by atoms with Crippen molar-refractivity contribution in [2.75, 3.05) is 0 Å². The summed E-state index contributed by atoms with van der Waals surface area (Å²) in [5.74, 6) is 0. The molecule has 2 aromatic heterocycles. The van der Waals surface area contributed by atoms with Crippen molar-refractivity contribution in [3.8, 4) is 0 Å². The lowest BCUT2D eigenvalue weighted by Gasteiger charge is -2.06. The zero-order valence-electron chi connectivity index (χ0n) is 9.50. The molecule has 2 heterocycles. The van der Waals surface area contributed by atoms with Gasteiger partial charge in [0.25, 0.3) is 5.56 Å². The third-order valence-electron chi connectivity index (χ3n) is 2.52. The predicted molar refractivity (Wildman–Crippen MR) is 76.8 cm³/mol. The standard InChI is InChI=1S/C11H10BrClN2O2S/c1-2-8-9(13)14-11(17)15(10(8)16)4-7-3-6(12)5-18-7/h3,5H,2,4H2,1H3,(H,14,17). The number of aromatic amines is 1. The molecule has 1 N–H and O–H groups in total. The van der Waals surface area contributed by atoms with Gasteiger partial charge in [-0.1, -0.05) is 18.5 Å². The number of H-pyrrole nitrogens is 1. The summed E-state index contributed by atoms with van der Waals surface area (Å²) >= 11 is 10.7. The fourth-order valence-corrected chi connectivity index (χ4v) is 3.36. The number of nitrogens with zero attached hydrogens (tertiary/aromatic N) is 1. The summed E-state index contributed by atoms with van der Waals surface area (Å²) in [5.41, 5.74) is -0.366. The molecule has 0 aliphatic heterocycles. The van der Waals surface area contributed by atoms with Crippen molar-refractivity contribution in [3.05, 3.63) is 52.4 Å². The minimum Gasteiger partial charge on any atom is -0.297 e. The van der Waals surface area contributed by atoms with Gasteiger partial charge in [0, 0.05) is 14.7 Å². The van der Waals surface area contributed by atoms with E-state index in [1.807, 2.05) is 18.4 Å². The minimum atomic E-state index is -0.480. The molecule has 2 aromatic rings. The molecule has 7 heteroatoms. The quantitative estimate of drug-likeness (QED) is 0.866. The van der Waals surface area contributed by atoms with Gasteiger partial charge in [-0.05, 0) is 28.4 Å². The van der Waals surface area contributed by atoms with Gasteiger partial charge >= 0.3 is 5.69 Å². The highest BCUT2D eigenvalue weighted by Gasteiger charge is 2.12. The van der Waals surface area contributed by atoms with E-state index < -0.39 is 5.69 Å². The molecule has 0 unspecified atom stereocenters. The second kappa shape index (κ2) is 5.42. The van der Waals surface area contributed by atoms with E-state index in [0.29, 0.717) is 12.0 Å². The molecule has 0 fully saturated rings. The molecular weight excluding hydrogens is 340 g/mol. The zero-order valence-corrected chi connectivity index (χ0v) is 12.7. The van der Waals surface area contributed by atoms with Crippen LogP contribution in [-0.2, 0) is 13.0 Å². The van der Waals surface area contributed by atoms with Gasteiger partial charge in [0.2, 0.25) is 0 Å². The van der Waals surface area contributed by atoms with Crippen LogP contribution < -0.4 is 11.2 Å². The van der Waals surface area contributed by atoms with Crippen LogP contribution in [0.3, 0.4) is 0 Å². The van der Waals surface area contributed by atoms with Gasteiger partial charge in [0.05, 0.1) is 12.1 Å². The Balaban J connectivity index is 2.51. The number of hydrogen-bond acceptors (Lipinski definition) is 3. The Morgan fingerprint density at radius 1 is 1.50 bits per heavy atom. The van der Waals surface area contributed by atoms with Gasteiger partial charge in [-0.15, -0.1) is 11.3 Å². The largest absolute Gasteiger partial charge is 0.329 e. The molecule has 0 atom stereocenters. The number of halogens is 2. The zero-order chi connectivity index (χ0) is 13.3. The highest BCUT2D eigenvalue weighted by atomic mass is 79.9. The highest BCUT2D eigenvalue weighted by Crippen LogP contribution is 2.20. The molecule has 0 amide bonds. The monoisotopic (exact) mass is 348 g/mol. The SMILES string of the molecule is CCc1c(Cl)[nH]c(=O)n(Cc2cc(Br)cs2)c1=O. The summed E-state index contributed by atoms with van der Waals surface area (Å²) in [7, 11) is 0. The fraction of sp³-hybridized carbons (Fsp3) is 0.273. The first-order valence-corrected chi connectivity index (χ1v) is 7.32. The summed E-state index contributed by atoms with van der Waals surface area (Å²) in [6.45, 7) is 2.08. The molecule has 0 saturated heterocycles. The van der Waals surface area contributed by atoms with Crippen molar-refractivity contribution in [3.63, 3.8) is 0 Å². The van der Waals surface area contributed by atoms with Crippen molar-refractivity contribution in [2.24, 2.45) is 0 Å². The molecule has 0 spiro atoms. The average molecular weight is 350 g/mol. The molecule has 0 bridgehead atoms. The first kappa shape index (κ1) is 13.6. The smallest absolute Gasteiger partial charge is 0.297 e. The first-order valence-electron chi connectivity index (χ1n) is 5.27. The van der Waals surface area contributed by atoms with Gasteiger partial charge in [-0.3, -0.25) is 14.3 Å². The van der Waals surface area contributed by atoms with E-state index in [2.05, 4.69) is 20.9 Å². The Kier molecular flexibility index (Phi) is 4.09. The predicted octanol–water partition coefficient (Wildman–Crippen LogP) is 2.62. The molecule has 0 aromatic carbocycles. The van der Waals surface area contributed by atoms with E-state index in [4.69, 9.17) is 11.6 Å². The Hall–Kier alpha value is -0.850. The van der Waals surface area contributed by atoms with E-state index >= 15 is 0 Å². The fourth-order valence-electron chi connectivity index (χ4n) is 1.63. The Bertz CT molecular complexity index is 689. The van der Waals surface area contributed by atoms with Crippen molar-refractivity contribution in [1.29, 1.82) is 0 Å². The molecule has 4 nitrogen and oxygen atoms in total. The topological polar surface area (TPSA) is 54.9 Å². The van der Waals surface area contributed by atoms with Gasteiger partial charge in [-0.25, -0.2) is 4.79 Å². The van der Waals surface area contributed by atoms with Crippen LogP contribution in [0.2, 0.25) is 5.15 Å². The lowest BCUT2D eigenvalue weighted by Crippen LogP contribution is -2.37. The molecule has 18 heavy (non-hydrogen) atoms. The molecule has 0 aliphatic carbocycles. The maximum absolute atomic E-state index is 12.1. The van der Waals surface area contributed by atoms with Crippen LogP contribution >= 0.6 is 38.9 Å². The number of thiophene rings is 1. The molecule has 0 aliphatic rings. The number of hydrogen-bond donors (Lipinski definition) is 1. The summed E-state index contributed by atoms with van der Waals surface area (Å²) < 4.78 is 2.11.